The van der Waals surface area contributed by atoms with Crippen LogP contribution in [-0.4, -0.2) is 54.3 Å². The number of hydrogen-bond acceptors (Lipinski definition) is 5. The van der Waals surface area contributed by atoms with Crippen LogP contribution in [0.5, 0.6) is 17.2 Å². The number of nitrogens with zero attached hydrogens (tertiary/aromatic N) is 1. The molecule has 2 rings (SSSR count). The lowest BCUT2D eigenvalue weighted by Crippen LogP contribution is -2.31. The van der Waals surface area contributed by atoms with Crippen LogP contribution in [0.1, 0.15) is 12.5 Å². The number of amides is 1. The van der Waals surface area contributed by atoms with Gasteiger partial charge in [-0.05, 0) is 23.6 Å². The second-order valence-corrected chi connectivity index (χ2v) is 5.75. The van der Waals surface area contributed by atoms with E-state index in [0.717, 1.165) is 0 Å². The number of benzene rings is 1. The number of aromatic hydroxyl groups is 1. The summed E-state index contributed by atoms with van der Waals surface area (Å²) in [6.45, 7) is 2.49. The van der Waals surface area contributed by atoms with E-state index in [0.29, 0.717) is 12.1 Å². The van der Waals surface area contributed by atoms with E-state index in [-0.39, 0.29) is 42.0 Å². The highest BCUT2D eigenvalue weighted by molar-refractivity contribution is 5.81. The molecule has 1 aromatic rings. The third-order valence-electron chi connectivity index (χ3n) is 4.18. The minimum absolute atomic E-state index is 0.0691. The SMILES string of the molecule is COc1cc(CC(=O)N2C[C@@H](C)[C@H](C(=O)O)C2)cc(OC)c1O. The van der Waals surface area contributed by atoms with Crippen LogP contribution in [0.25, 0.3) is 0 Å². The Morgan fingerprint density at radius 3 is 2.22 bits per heavy atom. The molecule has 1 amide bonds. The lowest BCUT2D eigenvalue weighted by molar-refractivity contribution is -0.142. The van der Waals surface area contributed by atoms with Gasteiger partial charge in [0.05, 0.1) is 26.6 Å². The number of phenols is 1. The Labute approximate surface area is 134 Å². The molecule has 1 saturated heterocycles. The van der Waals surface area contributed by atoms with Gasteiger partial charge in [-0.1, -0.05) is 6.92 Å². The largest absolute Gasteiger partial charge is 0.502 e. The van der Waals surface area contributed by atoms with Gasteiger partial charge in [0.2, 0.25) is 11.7 Å². The summed E-state index contributed by atoms with van der Waals surface area (Å²) in [5, 5.41) is 19.0. The van der Waals surface area contributed by atoms with Crippen LogP contribution < -0.4 is 9.47 Å². The molecule has 0 saturated carbocycles. The van der Waals surface area contributed by atoms with Crippen molar-refractivity contribution in [1.29, 1.82) is 0 Å². The molecule has 2 N–H and O–H groups in total. The van der Waals surface area contributed by atoms with Crippen molar-refractivity contribution in [1.82, 2.24) is 4.90 Å². The van der Waals surface area contributed by atoms with Crippen molar-refractivity contribution >= 4 is 11.9 Å². The first-order valence-electron chi connectivity index (χ1n) is 7.31. The lowest BCUT2D eigenvalue weighted by atomic mass is 9.99. The van der Waals surface area contributed by atoms with E-state index in [1.54, 1.807) is 17.0 Å². The van der Waals surface area contributed by atoms with E-state index < -0.39 is 11.9 Å². The summed E-state index contributed by atoms with van der Waals surface area (Å²) >= 11 is 0. The summed E-state index contributed by atoms with van der Waals surface area (Å²) in [5.74, 6) is -1.29. The van der Waals surface area contributed by atoms with E-state index in [9.17, 15) is 14.7 Å². The number of rotatable bonds is 5. The van der Waals surface area contributed by atoms with Crippen LogP contribution in [0, 0.1) is 11.8 Å². The summed E-state index contributed by atoms with van der Waals surface area (Å²) in [6, 6.07) is 3.15. The fraction of sp³-hybridized carbons (Fsp3) is 0.500. The number of phenolic OH excluding ortho intramolecular Hbond substituents is 1. The minimum Gasteiger partial charge on any atom is -0.502 e. The summed E-state index contributed by atoms with van der Waals surface area (Å²) in [7, 11) is 2.83. The molecular formula is C16H21NO6. The molecule has 1 heterocycles. The molecule has 0 aromatic heterocycles. The Kier molecular flexibility index (Phi) is 4.98. The number of methoxy groups -OCH3 is 2. The monoisotopic (exact) mass is 323 g/mol. The average molecular weight is 323 g/mol. The third-order valence-corrected chi connectivity index (χ3v) is 4.18. The predicted octanol–water partition coefficient (Wildman–Crippen LogP) is 1.13. The van der Waals surface area contributed by atoms with Crippen LogP contribution in [-0.2, 0) is 16.0 Å². The van der Waals surface area contributed by atoms with Crippen molar-refractivity contribution < 1.29 is 29.3 Å². The number of carbonyl (C=O) groups excluding carboxylic acids is 1. The molecule has 2 atom stereocenters. The van der Waals surface area contributed by atoms with Gasteiger partial charge in [0.15, 0.2) is 11.5 Å². The zero-order valence-corrected chi connectivity index (χ0v) is 13.4. The van der Waals surface area contributed by atoms with Crippen LogP contribution in [0.2, 0.25) is 0 Å². The van der Waals surface area contributed by atoms with Crippen LogP contribution in [0.4, 0.5) is 0 Å². The highest BCUT2D eigenvalue weighted by atomic mass is 16.5. The van der Waals surface area contributed by atoms with Crippen LogP contribution in [0.3, 0.4) is 0 Å². The highest BCUT2D eigenvalue weighted by Gasteiger charge is 2.36. The Hall–Kier alpha value is -2.44. The Bertz CT molecular complexity index is 590. The first kappa shape index (κ1) is 16.9. The fourth-order valence-electron chi connectivity index (χ4n) is 2.83. The molecule has 1 fully saturated rings. The van der Waals surface area contributed by atoms with Gasteiger partial charge in [-0.25, -0.2) is 0 Å². The molecule has 1 aliphatic heterocycles. The van der Waals surface area contributed by atoms with Crippen LogP contribution in [0.15, 0.2) is 12.1 Å². The molecule has 0 radical (unpaired) electrons. The quantitative estimate of drug-likeness (QED) is 0.843. The predicted molar refractivity (Wildman–Crippen MR) is 81.8 cm³/mol. The molecule has 1 aromatic carbocycles. The summed E-state index contributed by atoms with van der Waals surface area (Å²) in [6.07, 6.45) is 0.0893. The molecule has 1 aliphatic rings. The zero-order chi connectivity index (χ0) is 17.1. The molecule has 0 aliphatic carbocycles. The number of likely N-dealkylation sites (tertiary alicyclic amines) is 1. The van der Waals surface area contributed by atoms with E-state index in [1.807, 2.05) is 6.92 Å². The molecule has 7 heteroatoms. The Balaban J connectivity index is 2.13. The van der Waals surface area contributed by atoms with E-state index in [2.05, 4.69) is 0 Å². The fourth-order valence-corrected chi connectivity index (χ4v) is 2.83. The summed E-state index contributed by atoms with van der Waals surface area (Å²) in [5.41, 5.74) is 0.632. The maximum atomic E-state index is 12.4. The highest BCUT2D eigenvalue weighted by Crippen LogP contribution is 2.37. The number of aliphatic carboxylic acids is 1. The van der Waals surface area contributed by atoms with Gasteiger partial charge in [0.1, 0.15) is 0 Å². The van der Waals surface area contributed by atoms with E-state index in [1.165, 1.54) is 14.2 Å². The smallest absolute Gasteiger partial charge is 0.308 e. The van der Waals surface area contributed by atoms with Gasteiger partial charge in [-0.15, -0.1) is 0 Å². The maximum absolute atomic E-state index is 12.4. The molecular weight excluding hydrogens is 302 g/mol. The summed E-state index contributed by atoms with van der Waals surface area (Å²) in [4.78, 5) is 25.1. The first-order chi connectivity index (χ1) is 10.9. The lowest BCUT2D eigenvalue weighted by Gasteiger charge is -2.17. The van der Waals surface area contributed by atoms with Gasteiger partial charge >= 0.3 is 5.97 Å². The standard InChI is InChI=1S/C16H21NO6/c1-9-7-17(8-11(9)16(20)21)14(18)6-10-4-12(22-2)15(19)13(5-10)23-3/h4-5,9,11,19H,6-8H2,1-3H3,(H,20,21)/t9-,11-/m1/s1. The number of carboxylic acid groups (broad SMARTS) is 1. The first-order valence-corrected chi connectivity index (χ1v) is 7.31. The Morgan fingerprint density at radius 2 is 1.78 bits per heavy atom. The molecule has 126 valence electrons. The average Bonchev–Trinajstić information content (AvgIpc) is 2.91. The van der Waals surface area contributed by atoms with E-state index >= 15 is 0 Å². The van der Waals surface area contributed by atoms with Gasteiger partial charge in [-0.3, -0.25) is 9.59 Å². The number of hydrogen-bond donors (Lipinski definition) is 2. The van der Waals surface area contributed by atoms with Crippen molar-refractivity contribution in [2.45, 2.75) is 13.3 Å². The maximum Gasteiger partial charge on any atom is 0.308 e. The van der Waals surface area contributed by atoms with Crippen molar-refractivity contribution in [3.05, 3.63) is 17.7 Å². The van der Waals surface area contributed by atoms with Crippen LogP contribution >= 0.6 is 0 Å². The second-order valence-electron chi connectivity index (χ2n) is 5.75. The second kappa shape index (κ2) is 6.76. The summed E-state index contributed by atoms with van der Waals surface area (Å²) < 4.78 is 10.1. The van der Waals surface area contributed by atoms with Crippen molar-refractivity contribution in [2.75, 3.05) is 27.3 Å². The topological polar surface area (TPSA) is 96.3 Å². The van der Waals surface area contributed by atoms with Gasteiger partial charge in [0, 0.05) is 13.1 Å². The molecule has 0 spiro atoms. The number of carbonyl (C=O) groups is 2. The zero-order valence-electron chi connectivity index (χ0n) is 13.4. The van der Waals surface area contributed by atoms with Gasteiger partial charge in [-0.2, -0.15) is 0 Å². The van der Waals surface area contributed by atoms with Gasteiger partial charge in [0.25, 0.3) is 0 Å². The normalized spacial score (nSPS) is 20.4. The van der Waals surface area contributed by atoms with E-state index in [4.69, 9.17) is 14.6 Å². The minimum atomic E-state index is -0.874. The molecule has 0 bridgehead atoms. The Morgan fingerprint density at radius 1 is 1.22 bits per heavy atom. The molecule has 23 heavy (non-hydrogen) atoms. The third kappa shape index (κ3) is 3.49. The number of carboxylic acids is 1. The van der Waals surface area contributed by atoms with Crippen molar-refractivity contribution in [3.63, 3.8) is 0 Å². The van der Waals surface area contributed by atoms with Gasteiger partial charge < -0.3 is 24.6 Å². The molecule has 7 nitrogen and oxygen atoms in total. The van der Waals surface area contributed by atoms with Crippen molar-refractivity contribution in [2.24, 2.45) is 11.8 Å². The number of ether oxygens (including phenoxy) is 2. The molecule has 0 unspecified atom stereocenters. The van der Waals surface area contributed by atoms with Crippen molar-refractivity contribution in [3.8, 4) is 17.2 Å².